The SMILES string of the molecule is CN(C)S(=O)(=O)N1CCNC(Cc2ccccc2)C1. The molecule has 1 aromatic rings. The molecular formula is C13H21N3O2S. The number of hydrogen-bond donors (Lipinski definition) is 1. The number of benzene rings is 1. The minimum atomic E-state index is -3.30. The third-order valence-corrected chi connectivity index (χ3v) is 5.24. The molecule has 106 valence electrons. The summed E-state index contributed by atoms with van der Waals surface area (Å²) < 4.78 is 27.0. The fourth-order valence-corrected chi connectivity index (χ4v) is 3.42. The van der Waals surface area contributed by atoms with Crippen molar-refractivity contribution < 1.29 is 8.42 Å². The summed E-state index contributed by atoms with van der Waals surface area (Å²) in [5, 5.41) is 3.38. The van der Waals surface area contributed by atoms with E-state index in [2.05, 4.69) is 17.4 Å². The lowest BCUT2D eigenvalue weighted by Crippen LogP contribution is -2.55. The van der Waals surface area contributed by atoms with Crippen molar-refractivity contribution in [2.24, 2.45) is 0 Å². The van der Waals surface area contributed by atoms with E-state index >= 15 is 0 Å². The Bertz CT molecular complexity index is 502. The van der Waals surface area contributed by atoms with Gasteiger partial charge in [-0.05, 0) is 12.0 Å². The molecule has 5 nitrogen and oxygen atoms in total. The van der Waals surface area contributed by atoms with E-state index in [4.69, 9.17) is 0 Å². The zero-order valence-corrected chi connectivity index (χ0v) is 12.2. The Morgan fingerprint density at radius 1 is 1.32 bits per heavy atom. The van der Waals surface area contributed by atoms with Gasteiger partial charge in [-0.1, -0.05) is 30.3 Å². The third kappa shape index (κ3) is 3.54. The minimum Gasteiger partial charge on any atom is -0.311 e. The van der Waals surface area contributed by atoms with Crippen LogP contribution in [0.1, 0.15) is 5.56 Å². The zero-order chi connectivity index (χ0) is 13.9. The van der Waals surface area contributed by atoms with Gasteiger partial charge >= 0.3 is 0 Å². The number of piperazine rings is 1. The van der Waals surface area contributed by atoms with Gasteiger partial charge in [0.15, 0.2) is 0 Å². The van der Waals surface area contributed by atoms with Crippen LogP contribution >= 0.6 is 0 Å². The van der Waals surface area contributed by atoms with Gasteiger partial charge in [-0.25, -0.2) is 0 Å². The Morgan fingerprint density at radius 3 is 2.63 bits per heavy atom. The van der Waals surface area contributed by atoms with Gasteiger partial charge in [0.05, 0.1) is 0 Å². The van der Waals surface area contributed by atoms with Gasteiger partial charge in [-0.2, -0.15) is 17.0 Å². The van der Waals surface area contributed by atoms with Crippen LogP contribution in [-0.4, -0.2) is 56.8 Å². The van der Waals surface area contributed by atoms with Gasteiger partial charge in [0.2, 0.25) is 0 Å². The van der Waals surface area contributed by atoms with Gasteiger partial charge in [0.1, 0.15) is 0 Å². The highest BCUT2D eigenvalue weighted by Gasteiger charge is 2.29. The molecular weight excluding hydrogens is 262 g/mol. The molecule has 19 heavy (non-hydrogen) atoms. The maximum Gasteiger partial charge on any atom is 0.281 e. The van der Waals surface area contributed by atoms with Crippen LogP contribution in [0.15, 0.2) is 30.3 Å². The smallest absolute Gasteiger partial charge is 0.281 e. The molecule has 1 aromatic carbocycles. The fraction of sp³-hybridized carbons (Fsp3) is 0.538. The van der Waals surface area contributed by atoms with E-state index in [1.165, 1.54) is 9.87 Å². The lowest BCUT2D eigenvalue weighted by Gasteiger charge is -2.34. The van der Waals surface area contributed by atoms with Crippen LogP contribution in [0.2, 0.25) is 0 Å². The summed E-state index contributed by atoms with van der Waals surface area (Å²) in [4.78, 5) is 0. The number of rotatable bonds is 4. The molecule has 1 aliphatic rings. The van der Waals surface area contributed by atoms with Crippen molar-refractivity contribution in [2.45, 2.75) is 12.5 Å². The van der Waals surface area contributed by atoms with E-state index in [0.717, 1.165) is 6.42 Å². The van der Waals surface area contributed by atoms with Crippen molar-refractivity contribution in [3.8, 4) is 0 Å². The van der Waals surface area contributed by atoms with E-state index < -0.39 is 10.2 Å². The molecule has 2 rings (SSSR count). The van der Waals surface area contributed by atoms with Crippen molar-refractivity contribution in [2.75, 3.05) is 33.7 Å². The average Bonchev–Trinajstić information content (AvgIpc) is 2.40. The molecule has 1 aliphatic heterocycles. The molecule has 1 N–H and O–H groups in total. The molecule has 0 aromatic heterocycles. The van der Waals surface area contributed by atoms with Crippen LogP contribution in [0, 0.1) is 0 Å². The largest absolute Gasteiger partial charge is 0.311 e. The van der Waals surface area contributed by atoms with Gasteiger partial charge in [-0.15, -0.1) is 0 Å². The second kappa shape index (κ2) is 6.00. The van der Waals surface area contributed by atoms with E-state index in [1.807, 2.05) is 18.2 Å². The van der Waals surface area contributed by atoms with Gasteiger partial charge in [-0.3, -0.25) is 0 Å². The lowest BCUT2D eigenvalue weighted by atomic mass is 10.1. The molecule has 1 fully saturated rings. The predicted molar refractivity (Wildman–Crippen MR) is 76.1 cm³/mol. The van der Waals surface area contributed by atoms with E-state index in [9.17, 15) is 8.42 Å². The minimum absolute atomic E-state index is 0.172. The molecule has 6 heteroatoms. The summed E-state index contributed by atoms with van der Waals surface area (Å²) in [6, 6.07) is 10.3. The van der Waals surface area contributed by atoms with Crippen LogP contribution in [0.25, 0.3) is 0 Å². The Labute approximate surface area is 115 Å². The molecule has 0 bridgehead atoms. The zero-order valence-electron chi connectivity index (χ0n) is 11.4. The van der Waals surface area contributed by atoms with Crippen LogP contribution in [0.5, 0.6) is 0 Å². The molecule has 0 amide bonds. The van der Waals surface area contributed by atoms with Crippen LogP contribution in [0.4, 0.5) is 0 Å². The topological polar surface area (TPSA) is 52.7 Å². The van der Waals surface area contributed by atoms with E-state index in [-0.39, 0.29) is 6.04 Å². The second-order valence-corrected chi connectivity index (χ2v) is 7.13. The number of nitrogens with one attached hydrogen (secondary N) is 1. The Balaban J connectivity index is 2.02. The molecule has 0 saturated carbocycles. The molecule has 1 atom stereocenters. The maximum absolute atomic E-state index is 12.1. The van der Waals surface area contributed by atoms with Crippen molar-refractivity contribution in [3.63, 3.8) is 0 Å². The van der Waals surface area contributed by atoms with Crippen LogP contribution in [-0.2, 0) is 16.6 Å². The highest BCUT2D eigenvalue weighted by atomic mass is 32.2. The number of hydrogen-bond acceptors (Lipinski definition) is 3. The molecule has 1 saturated heterocycles. The van der Waals surface area contributed by atoms with Gasteiger partial charge in [0, 0.05) is 39.8 Å². The summed E-state index contributed by atoms with van der Waals surface area (Å²) in [7, 11) is -0.153. The van der Waals surface area contributed by atoms with Crippen molar-refractivity contribution >= 4 is 10.2 Å². The molecule has 0 aliphatic carbocycles. The molecule has 1 heterocycles. The summed E-state index contributed by atoms with van der Waals surface area (Å²) in [5.41, 5.74) is 1.23. The Morgan fingerprint density at radius 2 is 2.00 bits per heavy atom. The first-order chi connectivity index (χ1) is 9.00. The lowest BCUT2D eigenvalue weighted by molar-refractivity contribution is 0.283. The van der Waals surface area contributed by atoms with Crippen molar-refractivity contribution in [3.05, 3.63) is 35.9 Å². The van der Waals surface area contributed by atoms with E-state index in [0.29, 0.717) is 19.6 Å². The van der Waals surface area contributed by atoms with Gasteiger partial charge < -0.3 is 5.32 Å². The van der Waals surface area contributed by atoms with Crippen molar-refractivity contribution in [1.82, 2.24) is 13.9 Å². The first-order valence-electron chi connectivity index (χ1n) is 6.45. The second-order valence-electron chi connectivity index (χ2n) is 4.99. The van der Waals surface area contributed by atoms with Crippen LogP contribution in [0.3, 0.4) is 0 Å². The molecule has 0 spiro atoms. The molecule has 1 unspecified atom stereocenters. The predicted octanol–water partition coefficient (Wildman–Crippen LogP) is 0.309. The highest BCUT2D eigenvalue weighted by molar-refractivity contribution is 7.86. The van der Waals surface area contributed by atoms with E-state index in [1.54, 1.807) is 18.4 Å². The Hall–Kier alpha value is -0.950. The fourth-order valence-electron chi connectivity index (χ4n) is 2.27. The van der Waals surface area contributed by atoms with Crippen molar-refractivity contribution in [1.29, 1.82) is 0 Å². The first kappa shape index (κ1) is 14.5. The average molecular weight is 283 g/mol. The highest BCUT2D eigenvalue weighted by Crippen LogP contribution is 2.12. The monoisotopic (exact) mass is 283 g/mol. The normalized spacial score (nSPS) is 21.7. The van der Waals surface area contributed by atoms with Gasteiger partial charge in [0.25, 0.3) is 10.2 Å². The molecule has 0 radical (unpaired) electrons. The standard InChI is InChI=1S/C13H21N3O2S/c1-15(2)19(17,18)16-9-8-14-13(11-16)10-12-6-4-3-5-7-12/h3-7,13-14H,8-11H2,1-2H3. The summed E-state index contributed by atoms with van der Waals surface area (Å²) in [6.45, 7) is 1.76. The quantitative estimate of drug-likeness (QED) is 0.865. The Kier molecular flexibility index (Phi) is 4.57. The first-order valence-corrected chi connectivity index (χ1v) is 7.85. The maximum atomic E-state index is 12.1. The summed E-state index contributed by atoms with van der Waals surface area (Å²) >= 11 is 0. The summed E-state index contributed by atoms with van der Waals surface area (Å²) in [6.07, 6.45) is 0.848. The third-order valence-electron chi connectivity index (χ3n) is 3.33. The summed E-state index contributed by atoms with van der Waals surface area (Å²) in [5.74, 6) is 0. The number of nitrogens with zero attached hydrogens (tertiary/aromatic N) is 2. The van der Waals surface area contributed by atoms with Crippen LogP contribution < -0.4 is 5.32 Å².